The van der Waals surface area contributed by atoms with Crippen molar-refractivity contribution >= 4 is 11.6 Å². The summed E-state index contributed by atoms with van der Waals surface area (Å²) in [5, 5.41) is 12.9. The number of imidazole rings is 1. The SMILES string of the molecule is Cc1cc(NC(=O)Cn2ccnc2)cc(C)c1Oc1ccc(O)c(C(C)C)c1. The molecule has 3 rings (SSSR count). The molecule has 0 fully saturated rings. The van der Waals surface area contributed by atoms with Gasteiger partial charge in [-0.2, -0.15) is 0 Å². The van der Waals surface area contributed by atoms with Gasteiger partial charge in [0.1, 0.15) is 23.8 Å². The summed E-state index contributed by atoms with van der Waals surface area (Å²) in [6, 6.07) is 9.04. The topological polar surface area (TPSA) is 76.4 Å². The van der Waals surface area contributed by atoms with E-state index in [9.17, 15) is 9.90 Å². The van der Waals surface area contributed by atoms with E-state index in [4.69, 9.17) is 4.74 Å². The minimum Gasteiger partial charge on any atom is -0.508 e. The third-order valence-electron chi connectivity index (χ3n) is 4.47. The average molecular weight is 379 g/mol. The van der Waals surface area contributed by atoms with Crippen LogP contribution < -0.4 is 10.1 Å². The molecule has 1 aromatic heterocycles. The van der Waals surface area contributed by atoms with Gasteiger partial charge in [0.05, 0.1) is 6.33 Å². The van der Waals surface area contributed by atoms with E-state index in [0.29, 0.717) is 5.75 Å². The normalized spacial score (nSPS) is 10.9. The van der Waals surface area contributed by atoms with Gasteiger partial charge in [-0.15, -0.1) is 0 Å². The lowest BCUT2D eigenvalue weighted by Crippen LogP contribution is -2.18. The lowest BCUT2D eigenvalue weighted by molar-refractivity contribution is -0.116. The number of hydrogen-bond donors (Lipinski definition) is 2. The average Bonchev–Trinajstić information content (AvgIpc) is 3.12. The van der Waals surface area contributed by atoms with Crippen LogP contribution in [0.4, 0.5) is 5.69 Å². The molecule has 6 heteroatoms. The number of anilines is 1. The van der Waals surface area contributed by atoms with Gasteiger partial charge in [0.15, 0.2) is 0 Å². The van der Waals surface area contributed by atoms with Crippen LogP contribution in [0, 0.1) is 13.8 Å². The molecular formula is C22H25N3O3. The first-order chi connectivity index (χ1) is 13.3. The van der Waals surface area contributed by atoms with Crippen molar-refractivity contribution in [1.82, 2.24) is 9.55 Å². The standard InChI is InChI=1S/C22H25N3O3/c1-14(2)19-11-18(5-6-20(19)26)28-22-15(3)9-17(10-16(22)4)24-21(27)12-25-8-7-23-13-25/h5-11,13-14,26H,12H2,1-4H3,(H,24,27). The molecule has 146 valence electrons. The van der Waals surface area contributed by atoms with Crippen molar-refractivity contribution in [2.24, 2.45) is 0 Å². The minimum atomic E-state index is -0.120. The van der Waals surface area contributed by atoms with Crippen LogP contribution in [-0.2, 0) is 11.3 Å². The summed E-state index contributed by atoms with van der Waals surface area (Å²) in [5.41, 5.74) is 3.39. The van der Waals surface area contributed by atoms with Crippen LogP contribution in [0.2, 0.25) is 0 Å². The van der Waals surface area contributed by atoms with Crippen LogP contribution in [-0.4, -0.2) is 20.6 Å². The molecule has 1 amide bonds. The Bertz CT molecular complexity index is 956. The van der Waals surface area contributed by atoms with Gasteiger partial charge in [0.25, 0.3) is 0 Å². The van der Waals surface area contributed by atoms with Gasteiger partial charge < -0.3 is 19.7 Å². The highest BCUT2D eigenvalue weighted by molar-refractivity contribution is 5.91. The minimum absolute atomic E-state index is 0.120. The summed E-state index contributed by atoms with van der Waals surface area (Å²) in [5.74, 6) is 1.76. The van der Waals surface area contributed by atoms with Crippen molar-refractivity contribution < 1.29 is 14.6 Å². The number of carbonyl (C=O) groups excluding carboxylic acids is 1. The molecule has 28 heavy (non-hydrogen) atoms. The zero-order chi connectivity index (χ0) is 20.3. The van der Waals surface area contributed by atoms with Crippen molar-refractivity contribution in [3.8, 4) is 17.2 Å². The fraction of sp³-hybridized carbons (Fsp3) is 0.273. The number of aromatic nitrogens is 2. The second kappa shape index (κ2) is 8.17. The Morgan fingerprint density at radius 2 is 1.93 bits per heavy atom. The number of ether oxygens (including phenoxy) is 1. The van der Waals surface area contributed by atoms with E-state index in [1.54, 1.807) is 35.4 Å². The van der Waals surface area contributed by atoms with E-state index in [-0.39, 0.29) is 24.1 Å². The van der Waals surface area contributed by atoms with Gasteiger partial charge in [-0.3, -0.25) is 4.79 Å². The van der Waals surface area contributed by atoms with Gasteiger partial charge in [-0.05, 0) is 61.2 Å². The van der Waals surface area contributed by atoms with Crippen LogP contribution >= 0.6 is 0 Å². The molecule has 0 spiro atoms. The fourth-order valence-electron chi connectivity index (χ4n) is 3.11. The van der Waals surface area contributed by atoms with E-state index in [2.05, 4.69) is 10.3 Å². The molecule has 1 heterocycles. The third-order valence-corrected chi connectivity index (χ3v) is 4.47. The van der Waals surface area contributed by atoms with Crippen LogP contribution in [0.3, 0.4) is 0 Å². The second-order valence-corrected chi connectivity index (χ2v) is 7.20. The van der Waals surface area contributed by atoms with Gasteiger partial charge in [-0.1, -0.05) is 13.8 Å². The molecule has 0 aliphatic carbocycles. The summed E-state index contributed by atoms with van der Waals surface area (Å²) >= 11 is 0. The number of aromatic hydroxyl groups is 1. The predicted octanol–water partition coefficient (Wildman–Crippen LogP) is 4.76. The maximum atomic E-state index is 12.2. The quantitative estimate of drug-likeness (QED) is 0.647. The number of amides is 1. The lowest BCUT2D eigenvalue weighted by atomic mass is 10.0. The smallest absolute Gasteiger partial charge is 0.244 e. The van der Waals surface area contributed by atoms with Crippen molar-refractivity contribution in [1.29, 1.82) is 0 Å². The van der Waals surface area contributed by atoms with Crippen molar-refractivity contribution in [3.05, 3.63) is 65.7 Å². The Labute approximate surface area is 164 Å². The molecule has 0 bridgehead atoms. The highest BCUT2D eigenvalue weighted by atomic mass is 16.5. The number of nitrogens with zero attached hydrogens (tertiary/aromatic N) is 2. The molecule has 2 N–H and O–H groups in total. The highest BCUT2D eigenvalue weighted by Crippen LogP contribution is 2.35. The summed E-state index contributed by atoms with van der Waals surface area (Å²) in [6.45, 7) is 8.14. The molecule has 0 radical (unpaired) electrons. The van der Waals surface area contributed by atoms with Crippen molar-refractivity contribution in [2.75, 3.05) is 5.32 Å². The maximum absolute atomic E-state index is 12.2. The Hall–Kier alpha value is -3.28. The maximum Gasteiger partial charge on any atom is 0.244 e. The zero-order valence-electron chi connectivity index (χ0n) is 16.6. The zero-order valence-corrected chi connectivity index (χ0v) is 16.6. The number of phenols is 1. The van der Waals surface area contributed by atoms with Gasteiger partial charge in [0, 0.05) is 23.6 Å². The first-order valence-electron chi connectivity index (χ1n) is 9.21. The van der Waals surface area contributed by atoms with Crippen LogP contribution in [0.5, 0.6) is 17.2 Å². The van der Waals surface area contributed by atoms with Crippen molar-refractivity contribution in [2.45, 2.75) is 40.2 Å². The summed E-state index contributed by atoms with van der Waals surface area (Å²) < 4.78 is 7.81. The summed E-state index contributed by atoms with van der Waals surface area (Å²) in [7, 11) is 0. The predicted molar refractivity (Wildman–Crippen MR) is 109 cm³/mol. The van der Waals surface area contributed by atoms with E-state index in [0.717, 1.165) is 28.1 Å². The van der Waals surface area contributed by atoms with Gasteiger partial charge in [0.2, 0.25) is 5.91 Å². The number of aryl methyl sites for hydroxylation is 2. The lowest BCUT2D eigenvalue weighted by Gasteiger charge is -2.16. The first kappa shape index (κ1) is 19.5. The number of phenolic OH excluding ortho intramolecular Hbond substituents is 1. The summed E-state index contributed by atoms with van der Waals surface area (Å²) in [4.78, 5) is 16.1. The first-order valence-corrected chi connectivity index (χ1v) is 9.21. The molecule has 6 nitrogen and oxygen atoms in total. The van der Waals surface area contributed by atoms with Crippen LogP contribution in [0.25, 0.3) is 0 Å². The second-order valence-electron chi connectivity index (χ2n) is 7.20. The summed E-state index contributed by atoms with van der Waals surface area (Å²) in [6.07, 6.45) is 4.99. The molecule has 0 aliphatic heterocycles. The fourth-order valence-corrected chi connectivity index (χ4v) is 3.11. The van der Waals surface area contributed by atoms with E-state index in [1.165, 1.54) is 0 Å². The molecule has 0 saturated carbocycles. The Balaban J connectivity index is 1.77. The molecule has 2 aromatic carbocycles. The van der Waals surface area contributed by atoms with E-state index in [1.807, 2.05) is 45.9 Å². The molecule has 3 aromatic rings. The number of benzene rings is 2. The largest absolute Gasteiger partial charge is 0.508 e. The monoisotopic (exact) mass is 379 g/mol. The number of rotatable bonds is 6. The molecular weight excluding hydrogens is 354 g/mol. The highest BCUT2D eigenvalue weighted by Gasteiger charge is 2.12. The van der Waals surface area contributed by atoms with Crippen LogP contribution in [0.15, 0.2) is 49.1 Å². The molecule has 0 aliphatic rings. The number of nitrogens with one attached hydrogen (secondary N) is 1. The Kier molecular flexibility index (Phi) is 5.68. The van der Waals surface area contributed by atoms with E-state index >= 15 is 0 Å². The molecule has 0 saturated heterocycles. The molecule has 0 atom stereocenters. The number of carbonyl (C=O) groups is 1. The van der Waals surface area contributed by atoms with Gasteiger partial charge in [-0.25, -0.2) is 4.98 Å². The van der Waals surface area contributed by atoms with E-state index < -0.39 is 0 Å². The number of hydrogen-bond acceptors (Lipinski definition) is 4. The third kappa shape index (κ3) is 4.52. The Morgan fingerprint density at radius 3 is 2.54 bits per heavy atom. The van der Waals surface area contributed by atoms with Crippen molar-refractivity contribution in [3.63, 3.8) is 0 Å². The van der Waals surface area contributed by atoms with Crippen LogP contribution in [0.1, 0.15) is 36.5 Å². The van der Waals surface area contributed by atoms with Gasteiger partial charge >= 0.3 is 0 Å². The molecule has 0 unspecified atom stereocenters. The Morgan fingerprint density at radius 1 is 1.21 bits per heavy atom.